The van der Waals surface area contributed by atoms with Crippen molar-refractivity contribution in [2.75, 3.05) is 13.2 Å². The molecule has 1 heterocycles. The molecule has 0 spiro atoms. The van der Waals surface area contributed by atoms with Crippen molar-refractivity contribution in [2.45, 2.75) is 25.6 Å². The van der Waals surface area contributed by atoms with Gasteiger partial charge in [0.05, 0.1) is 18.8 Å². The first-order chi connectivity index (χ1) is 4.74. The van der Waals surface area contributed by atoms with Crippen LogP contribution in [0.15, 0.2) is 0 Å². The first kappa shape index (κ1) is 7.98. The summed E-state index contributed by atoms with van der Waals surface area (Å²) in [7, 11) is 0. The van der Waals surface area contributed by atoms with Crippen LogP contribution in [0, 0.1) is 5.92 Å². The Morgan fingerprint density at radius 2 is 2.40 bits per heavy atom. The summed E-state index contributed by atoms with van der Waals surface area (Å²) >= 11 is 0. The molecule has 1 saturated heterocycles. The molecule has 1 aliphatic heterocycles. The number of rotatable bonds is 1. The minimum Gasteiger partial charge on any atom is -0.393 e. The van der Waals surface area contributed by atoms with Crippen molar-refractivity contribution in [1.29, 1.82) is 0 Å². The fraction of sp³-hybridized carbons (Fsp3) is 1.00. The molecule has 0 aliphatic carbocycles. The summed E-state index contributed by atoms with van der Waals surface area (Å²) in [4.78, 5) is 0. The molecular weight excluding hydrogens is 130 g/mol. The molecule has 1 aliphatic rings. The predicted molar refractivity (Wildman–Crippen MR) is 38.6 cm³/mol. The highest BCUT2D eigenvalue weighted by Crippen LogP contribution is 2.17. The number of ether oxygens (including phenoxy) is 1. The zero-order valence-corrected chi connectivity index (χ0v) is 6.29. The smallest absolute Gasteiger partial charge is 0.0722 e. The monoisotopic (exact) mass is 145 g/mol. The van der Waals surface area contributed by atoms with Gasteiger partial charge in [-0.3, -0.25) is 0 Å². The average Bonchev–Trinajstić information content (AvgIpc) is 1.95. The van der Waals surface area contributed by atoms with Crippen LogP contribution in [0.5, 0.6) is 0 Å². The Balaban J connectivity index is 2.33. The summed E-state index contributed by atoms with van der Waals surface area (Å²) in [5.41, 5.74) is 5.37. The van der Waals surface area contributed by atoms with Crippen molar-refractivity contribution in [3.8, 4) is 0 Å². The highest BCUT2D eigenvalue weighted by Gasteiger charge is 2.25. The second kappa shape index (κ2) is 3.32. The molecule has 0 aromatic heterocycles. The third-order valence-electron chi connectivity index (χ3n) is 2.02. The van der Waals surface area contributed by atoms with Crippen molar-refractivity contribution in [1.82, 2.24) is 0 Å². The van der Waals surface area contributed by atoms with Crippen LogP contribution in [0.3, 0.4) is 0 Å². The molecule has 0 unspecified atom stereocenters. The molecule has 3 nitrogen and oxygen atoms in total. The second-order valence-corrected chi connectivity index (χ2v) is 2.97. The average molecular weight is 145 g/mol. The van der Waals surface area contributed by atoms with Crippen molar-refractivity contribution < 1.29 is 9.84 Å². The van der Waals surface area contributed by atoms with E-state index in [-0.39, 0.29) is 18.1 Å². The lowest BCUT2D eigenvalue weighted by Gasteiger charge is -2.30. The summed E-state index contributed by atoms with van der Waals surface area (Å²) in [5, 5.41) is 9.34. The van der Waals surface area contributed by atoms with E-state index in [1.807, 2.05) is 6.92 Å². The lowest BCUT2D eigenvalue weighted by molar-refractivity contribution is -0.0731. The van der Waals surface area contributed by atoms with Gasteiger partial charge in [0.15, 0.2) is 0 Å². The number of hydrogen-bond acceptors (Lipinski definition) is 3. The fourth-order valence-electron chi connectivity index (χ4n) is 1.13. The van der Waals surface area contributed by atoms with Crippen molar-refractivity contribution in [3.63, 3.8) is 0 Å². The third kappa shape index (κ3) is 1.68. The maximum absolute atomic E-state index is 9.34. The molecule has 1 fully saturated rings. The van der Waals surface area contributed by atoms with Gasteiger partial charge in [-0.05, 0) is 0 Å². The van der Waals surface area contributed by atoms with Gasteiger partial charge in [-0.15, -0.1) is 0 Å². The minimum absolute atomic E-state index is 0.0752. The Morgan fingerprint density at radius 1 is 1.70 bits per heavy atom. The minimum atomic E-state index is -0.220. The van der Waals surface area contributed by atoms with E-state index in [1.54, 1.807) is 0 Å². The van der Waals surface area contributed by atoms with E-state index >= 15 is 0 Å². The molecule has 0 aromatic rings. The molecule has 3 atom stereocenters. The van der Waals surface area contributed by atoms with Crippen LogP contribution in [0.4, 0.5) is 0 Å². The highest BCUT2D eigenvalue weighted by molar-refractivity contribution is 4.75. The fourth-order valence-corrected chi connectivity index (χ4v) is 1.13. The van der Waals surface area contributed by atoms with Gasteiger partial charge in [0.25, 0.3) is 0 Å². The first-order valence-electron chi connectivity index (χ1n) is 3.73. The lowest BCUT2D eigenvalue weighted by Crippen LogP contribution is -2.39. The maximum atomic E-state index is 9.34. The van der Waals surface area contributed by atoms with Gasteiger partial charge >= 0.3 is 0 Å². The van der Waals surface area contributed by atoms with Crippen LogP contribution in [0.2, 0.25) is 0 Å². The molecule has 0 amide bonds. The topological polar surface area (TPSA) is 55.5 Å². The van der Waals surface area contributed by atoms with Gasteiger partial charge in [-0.2, -0.15) is 0 Å². The predicted octanol–water partition coefficient (Wildman–Crippen LogP) is -0.269. The summed E-state index contributed by atoms with van der Waals surface area (Å²) in [6, 6.07) is 0. The number of aliphatic hydroxyl groups is 1. The summed E-state index contributed by atoms with van der Waals surface area (Å²) in [6.07, 6.45) is 0.547. The maximum Gasteiger partial charge on any atom is 0.0722 e. The standard InChI is InChI=1S/C7H15NO2/c1-5-4-10-6(3-8)2-7(5)9/h5-7,9H,2-4,8H2,1H3/t5-,6+,7-/m0/s1. The van der Waals surface area contributed by atoms with Gasteiger partial charge < -0.3 is 15.6 Å². The SMILES string of the molecule is C[C@H]1CO[C@@H](CN)C[C@@H]1O. The van der Waals surface area contributed by atoms with Gasteiger partial charge in [-0.25, -0.2) is 0 Å². The van der Waals surface area contributed by atoms with E-state index in [0.717, 1.165) is 0 Å². The van der Waals surface area contributed by atoms with Crippen LogP contribution in [-0.4, -0.2) is 30.5 Å². The Labute approximate surface area is 61.2 Å². The van der Waals surface area contributed by atoms with E-state index in [1.165, 1.54) is 0 Å². The lowest BCUT2D eigenvalue weighted by atomic mass is 9.97. The van der Waals surface area contributed by atoms with Crippen LogP contribution < -0.4 is 5.73 Å². The second-order valence-electron chi connectivity index (χ2n) is 2.97. The Hall–Kier alpha value is -0.120. The van der Waals surface area contributed by atoms with Gasteiger partial charge in [-0.1, -0.05) is 6.92 Å². The van der Waals surface area contributed by atoms with E-state index in [4.69, 9.17) is 10.5 Å². The van der Waals surface area contributed by atoms with Crippen LogP contribution >= 0.6 is 0 Å². The van der Waals surface area contributed by atoms with Gasteiger partial charge in [0.2, 0.25) is 0 Å². The van der Waals surface area contributed by atoms with Crippen molar-refractivity contribution in [2.24, 2.45) is 11.7 Å². The Kier molecular flexibility index (Phi) is 2.65. The first-order valence-corrected chi connectivity index (χ1v) is 3.73. The highest BCUT2D eigenvalue weighted by atomic mass is 16.5. The Morgan fingerprint density at radius 3 is 2.90 bits per heavy atom. The third-order valence-corrected chi connectivity index (χ3v) is 2.02. The molecular formula is C7H15NO2. The quantitative estimate of drug-likeness (QED) is 0.534. The zero-order valence-electron chi connectivity index (χ0n) is 6.29. The molecule has 3 heteroatoms. The molecule has 1 rings (SSSR count). The summed E-state index contributed by atoms with van der Waals surface area (Å²) in [5.74, 6) is 0.266. The van der Waals surface area contributed by atoms with E-state index in [2.05, 4.69) is 0 Å². The molecule has 0 aromatic carbocycles. The zero-order chi connectivity index (χ0) is 7.56. The molecule has 10 heavy (non-hydrogen) atoms. The molecule has 60 valence electrons. The van der Waals surface area contributed by atoms with Gasteiger partial charge in [0, 0.05) is 18.9 Å². The number of hydrogen-bond donors (Lipinski definition) is 2. The van der Waals surface area contributed by atoms with Crippen LogP contribution in [0.25, 0.3) is 0 Å². The van der Waals surface area contributed by atoms with Crippen molar-refractivity contribution in [3.05, 3.63) is 0 Å². The molecule has 0 saturated carbocycles. The molecule has 3 N–H and O–H groups in total. The number of nitrogens with two attached hydrogens (primary N) is 1. The van der Waals surface area contributed by atoms with Crippen LogP contribution in [0.1, 0.15) is 13.3 Å². The summed E-state index contributed by atoms with van der Waals surface area (Å²) in [6.45, 7) is 3.14. The normalized spacial score (nSPS) is 41.7. The summed E-state index contributed by atoms with van der Waals surface area (Å²) < 4.78 is 5.32. The molecule has 0 bridgehead atoms. The van der Waals surface area contributed by atoms with E-state index < -0.39 is 0 Å². The molecule has 0 radical (unpaired) electrons. The van der Waals surface area contributed by atoms with Gasteiger partial charge in [0.1, 0.15) is 0 Å². The van der Waals surface area contributed by atoms with Crippen molar-refractivity contribution >= 4 is 0 Å². The largest absolute Gasteiger partial charge is 0.393 e. The van der Waals surface area contributed by atoms with E-state index in [9.17, 15) is 5.11 Å². The number of aliphatic hydroxyl groups excluding tert-OH is 1. The Bertz CT molecular complexity index is 108. The van der Waals surface area contributed by atoms with E-state index in [0.29, 0.717) is 19.6 Å². The van der Waals surface area contributed by atoms with Crippen LogP contribution in [-0.2, 0) is 4.74 Å².